The van der Waals surface area contributed by atoms with E-state index in [0.717, 1.165) is 31.4 Å². The van der Waals surface area contributed by atoms with Gasteiger partial charge in [-0.3, -0.25) is 4.90 Å². The number of rotatable bonds is 4. The monoisotopic (exact) mass is 290 g/mol. The molecule has 2 nitrogen and oxygen atoms in total. The molecular weight excluding hydrogens is 272 g/mol. The predicted molar refractivity (Wildman–Crippen MR) is 68.6 cm³/mol. The zero-order chi connectivity index (χ0) is 14.9. The van der Waals surface area contributed by atoms with Gasteiger partial charge in [-0.05, 0) is 43.7 Å². The van der Waals surface area contributed by atoms with Crippen LogP contribution in [0.25, 0.3) is 0 Å². The van der Waals surface area contributed by atoms with Crippen molar-refractivity contribution in [2.75, 3.05) is 13.6 Å². The van der Waals surface area contributed by atoms with Crippen molar-refractivity contribution in [2.45, 2.75) is 37.5 Å². The fourth-order valence-corrected chi connectivity index (χ4v) is 2.55. The van der Waals surface area contributed by atoms with Crippen molar-refractivity contribution in [1.82, 2.24) is 4.90 Å². The molecule has 0 spiro atoms. The Morgan fingerprint density at radius 2 is 1.95 bits per heavy atom. The van der Waals surface area contributed by atoms with Gasteiger partial charge in [0.15, 0.2) is 0 Å². The van der Waals surface area contributed by atoms with Gasteiger partial charge in [0.1, 0.15) is 5.82 Å². The maximum Gasteiger partial charge on any atom is 0.416 e. The van der Waals surface area contributed by atoms with Crippen molar-refractivity contribution < 1.29 is 17.6 Å². The number of nitrogens with zero attached hydrogens (tertiary/aromatic N) is 1. The number of halogens is 4. The molecule has 1 aromatic rings. The molecule has 1 aliphatic carbocycles. The molecule has 0 saturated heterocycles. The van der Waals surface area contributed by atoms with Crippen LogP contribution in [0.1, 0.15) is 36.4 Å². The molecule has 112 valence electrons. The van der Waals surface area contributed by atoms with Crippen LogP contribution >= 0.6 is 0 Å². The SMILES string of the molecule is CN(C1CCC1)C(CN)c1cc(F)cc(C(F)(F)F)c1. The smallest absolute Gasteiger partial charge is 0.329 e. The summed E-state index contributed by atoms with van der Waals surface area (Å²) in [4.78, 5) is 1.96. The summed E-state index contributed by atoms with van der Waals surface area (Å²) in [7, 11) is 1.83. The fourth-order valence-electron chi connectivity index (χ4n) is 2.55. The van der Waals surface area contributed by atoms with Crippen LogP contribution in [0.5, 0.6) is 0 Å². The third-order valence-electron chi connectivity index (χ3n) is 4.00. The number of alkyl halides is 3. The Morgan fingerprint density at radius 3 is 2.40 bits per heavy atom. The number of nitrogens with two attached hydrogens (primary N) is 1. The summed E-state index contributed by atoms with van der Waals surface area (Å²) in [6, 6.07) is 2.58. The van der Waals surface area contributed by atoms with Crippen LogP contribution in [-0.2, 0) is 6.18 Å². The Bertz CT molecular complexity index is 469. The van der Waals surface area contributed by atoms with Crippen molar-refractivity contribution in [3.63, 3.8) is 0 Å². The molecule has 2 N–H and O–H groups in total. The zero-order valence-corrected chi connectivity index (χ0v) is 11.3. The number of hydrogen-bond acceptors (Lipinski definition) is 2. The maximum absolute atomic E-state index is 13.5. The van der Waals surface area contributed by atoms with Crippen LogP contribution in [0.4, 0.5) is 17.6 Å². The second-order valence-electron chi connectivity index (χ2n) is 5.27. The highest BCUT2D eigenvalue weighted by Crippen LogP contribution is 2.34. The van der Waals surface area contributed by atoms with Gasteiger partial charge < -0.3 is 5.73 Å². The lowest BCUT2D eigenvalue weighted by Gasteiger charge is -2.40. The lowest BCUT2D eigenvalue weighted by atomic mass is 9.89. The normalized spacial score (nSPS) is 18.1. The lowest BCUT2D eigenvalue weighted by molar-refractivity contribution is -0.137. The van der Waals surface area contributed by atoms with Crippen LogP contribution in [0, 0.1) is 5.82 Å². The Hall–Kier alpha value is -1.14. The molecule has 1 aromatic carbocycles. The van der Waals surface area contributed by atoms with Crippen molar-refractivity contribution in [3.05, 3.63) is 35.1 Å². The molecule has 0 aliphatic heterocycles. The van der Waals surface area contributed by atoms with Crippen LogP contribution < -0.4 is 5.73 Å². The molecule has 0 bridgehead atoms. The van der Waals surface area contributed by atoms with E-state index in [1.54, 1.807) is 0 Å². The van der Waals surface area contributed by atoms with E-state index in [2.05, 4.69) is 0 Å². The average Bonchev–Trinajstić information content (AvgIpc) is 2.25. The molecule has 6 heteroatoms. The summed E-state index contributed by atoms with van der Waals surface area (Å²) in [5.74, 6) is -0.879. The third-order valence-corrected chi connectivity index (χ3v) is 4.00. The van der Waals surface area contributed by atoms with E-state index in [4.69, 9.17) is 5.73 Å². The van der Waals surface area contributed by atoms with Crippen molar-refractivity contribution in [2.24, 2.45) is 5.73 Å². The van der Waals surface area contributed by atoms with E-state index in [0.29, 0.717) is 12.1 Å². The Kier molecular flexibility index (Phi) is 4.34. The van der Waals surface area contributed by atoms with E-state index in [1.165, 1.54) is 0 Å². The van der Waals surface area contributed by atoms with Crippen molar-refractivity contribution in [3.8, 4) is 0 Å². The Balaban J connectivity index is 2.31. The maximum atomic E-state index is 13.5. The van der Waals surface area contributed by atoms with Gasteiger partial charge in [0.2, 0.25) is 0 Å². The van der Waals surface area contributed by atoms with Gasteiger partial charge >= 0.3 is 6.18 Å². The summed E-state index contributed by atoms with van der Waals surface area (Å²) >= 11 is 0. The van der Waals surface area contributed by atoms with Gasteiger partial charge in [0, 0.05) is 18.6 Å². The first-order valence-corrected chi connectivity index (χ1v) is 6.62. The summed E-state index contributed by atoms with van der Waals surface area (Å²) in [6.07, 6.45) is -1.42. The van der Waals surface area contributed by atoms with E-state index in [-0.39, 0.29) is 12.1 Å². The molecular formula is C14H18F4N2. The van der Waals surface area contributed by atoms with Crippen LogP contribution in [-0.4, -0.2) is 24.5 Å². The molecule has 1 aliphatic rings. The van der Waals surface area contributed by atoms with Gasteiger partial charge in [-0.25, -0.2) is 4.39 Å². The fraction of sp³-hybridized carbons (Fsp3) is 0.571. The molecule has 0 aromatic heterocycles. The minimum atomic E-state index is -4.55. The third kappa shape index (κ3) is 3.12. The first-order chi connectivity index (χ1) is 9.32. The lowest BCUT2D eigenvalue weighted by Crippen LogP contribution is -2.42. The van der Waals surface area contributed by atoms with Gasteiger partial charge in [-0.1, -0.05) is 6.42 Å². The van der Waals surface area contributed by atoms with Gasteiger partial charge in [-0.2, -0.15) is 13.2 Å². The average molecular weight is 290 g/mol. The molecule has 0 amide bonds. The quantitative estimate of drug-likeness (QED) is 0.862. The van der Waals surface area contributed by atoms with Gasteiger partial charge in [0.25, 0.3) is 0 Å². The largest absolute Gasteiger partial charge is 0.416 e. The highest BCUT2D eigenvalue weighted by atomic mass is 19.4. The topological polar surface area (TPSA) is 29.3 Å². The molecule has 1 fully saturated rings. The van der Waals surface area contributed by atoms with E-state index in [9.17, 15) is 17.6 Å². The summed E-state index contributed by atoms with van der Waals surface area (Å²) in [5.41, 5.74) is 5.01. The second kappa shape index (κ2) is 5.69. The Morgan fingerprint density at radius 1 is 1.30 bits per heavy atom. The van der Waals surface area contributed by atoms with Gasteiger partial charge in [-0.15, -0.1) is 0 Å². The minimum Gasteiger partial charge on any atom is -0.329 e. The molecule has 1 saturated carbocycles. The van der Waals surface area contributed by atoms with Crippen molar-refractivity contribution >= 4 is 0 Å². The molecule has 2 rings (SSSR count). The highest BCUT2D eigenvalue weighted by Gasteiger charge is 2.33. The first-order valence-electron chi connectivity index (χ1n) is 6.62. The summed E-state index contributed by atoms with van der Waals surface area (Å²) in [5, 5.41) is 0. The molecule has 1 atom stereocenters. The summed E-state index contributed by atoms with van der Waals surface area (Å²) < 4.78 is 51.7. The van der Waals surface area contributed by atoms with Gasteiger partial charge in [0.05, 0.1) is 5.56 Å². The number of likely N-dealkylation sites (N-methyl/N-ethyl adjacent to an activating group) is 1. The minimum absolute atomic E-state index is 0.160. The predicted octanol–water partition coefficient (Wildman–Crippen LogP) is 3.33. The van der Waals surface area contributed by atoms with E-state index in [1.807, 2.05) is 11.9 Å². The zero-order valence-electron chi connectivity index (χ0n) is 11.3. The molecule has 0 heterocycles. The first kappa shape index (κ1) is 15.3. The van der Waals surface area contributed by atoms with E-state index >= 15 is 0 Å². The standard InChI is InChI=1S/C14H18F4N2/c1-20(12-3-2-4-12)13(8-19)9-5-10(14(16,17)18)7-11(15)6-9/h5-7,12-13H,2-4,8,19H2,1H3. The molecule has 1 unspecified atom stereocenters. The van der Waals surface area contributed by atoms with E-state index < -0.39 is 23.6 Å². The molecule has 20 heavy (non-hydrogen) atoms. The highest BCUT2D eigenvalue weighted by molar-refractivity contribution is 5.29. The number of benzene rings is 1. The van der Waals surface area contributed by atoms with Crippen molar-refractivity contribution in [1.29, 1.82) is 0 Å². The Labute approximate surface area is 115 Å². The van der Waals surface area contributed by atoms with Crippen LogP contribution in [0.15, 0.2) is 18.2 Å². The van der Waals surface area contributed by atoms with Crippen LogP contribution in [0.2, 0.25) is 0 Å². The number of hydrogen-bond donors (Lipinski definition) is 1. The van der Waals surface area contributed by atoms with Crippen LogP contribution in [0.3, 0.4) is 0 Å². The second-order valence-corrected chi connectivity index (χ2v) is 5.27. The summed E-state index contributed by atoms with van der Waals surface area (Å²) in [6.45, 7) is 0.160. The molecule has 0 radical (unpaired) electrons.